The average Bonchev–Trinajstić information content (AvgIpc) is 2.99. The summed E-state index contributed by atoms with van der Waals surface area (Å²) >= 11 is 0. The Morgan fingerprint density at radius 1 is 0.739 bits per heavy atom. The average molecular weight is 344 g/mol. The Balaban J connectivity index is 1.90. The van der Waals surface area contributed by atoms with Crippen LogP contribution in [0.1, 0.15) is 90.4 Å². The van der Waals surface area contributed by atoms with Gasteiger partial charge in [-0.1, -0.05) is 77.6 Å². The second-order valence-corrected chi connectivity index (χ2v) is 10.5. The summed E-state index contributed by atoms with van der Waals surface area (Å²) in [4.78, 5) is 0. The zero-order valence-electron chi connectivity index (χ0n) is 16.1. The van der Waals surface area contributed by atoms with Crippen LogP contribution in [0.3, 0.4) is 0 Å². The van der Waals surface area contributed by atoms with Gasteiger partial charge in [-0.15, -0.1) is 0 Å². The van der Waals surface area contributed by atoms with Crippen LogP contribution in [0.5, 0.6) is 0 Å². The highest BCUT2D eigenvalue weighted by atomic mass is 28.4. The molecule has 0 saturated carbocycles. The Morgan fingerprint density at radius 2 is 1.22 bits per heavy atom. The van der Waals surface area contributed by atoms with Crippen LogP contribution in [-0.2, 0) is 8.85 Å². The van der Waals surface area contributed by atoms with Gasteiger partial charge in [0.1, 0.15) is 0 Å². The summed E-state index contributed by atoms with van der Waals surface area (Å²) in [6.45, 7) is 4.63. The van der Waals surface area contributed by atoms with E-state index in [-0.39, 0.29) is 0 Å². The lowest BCUT2D eigenvalue weighted by Gasteiger charge is -2.31. The number of hydrogen-bond donors (Lipinski definition) is 0. The van der Waals surface area contributed by atoms with Crippen molar-refractivity contribution in [1.29, 1.82) is 0 Å². The fourth-order valence-electron chi connectivity index (χ4n) is 3.79. The summed E-state index contributed by atoms with van der Waals surface area (Å²) in [5.41, 5.74) is 0. The van der Waals surface area contributed by atoms with Crippen molar-refractivity contribution in [2.45, 2.75) is 96.4 Å². The van der Waals surface area contributed by atoms with E-state index in [2.05, 4.69) is 11.5 Å². The second-order valence-electron chi connectivity index (χ2n) is 7.10. The number of unbranched alkanes of at least 4 members (excludes halogenated alkanes) is 11. The van der Waals surface area contributed by atoms with Gasteiger partial charge in [-0.25, -0.2) is 0 Å². The Morgan fingerprint density at radius 3 is 1.70 bits per heavy atom. The topological polar surface area (TPSA) is 21.7 Å². The van der Waals surface area contributed by atoms with Gasteiger partial charge in [0.25, 0.3) is 0 Å². The van der Waals surface area contributed by atoms with Crippen molar-refractivity contribution < 1.29 is 8.85 Å². The molecule has 138 valence electrons. The number of nitrogens with zero attached hydrogens (tertiary/aromatic N) is 1. The van der Waals surface area contributed by atoms with Crippen LogP contribution in [0.4, 0.5) is 0 Å². The third-order valence-corrected chi connectivity index (χ3v) is 8.99. The fourth-order valence-corrected chi connectivity index (χ4v) is 6.80. The molecule has 0 aromatic heterocycles. The minimum absolute atomic E-state index is 1.14. The van der Waals surface area contributed by atoms with Gasteiger partial charge in [0.05, 0.1) is 0 Å². The summed E-state index contributed by atoms with van der Waals surface area (Å²) in [5, 5.41) is 0. The minimum Gasteiger partial charge on any atom is -0.386 e. The van der Waals surface area contributed by atoms with Gasteiger partial charge in [0.2, 0.25) is 0 Å². The monoisotopic (exact) mass is 343 g/mol. The van der Waals surface area contributed by atoms with Crippen LogP contribution in [0.2, 0.25) is 6.04 Å². The maximum absolute atomic E-state index is 5.76. The van der Waals surface area contributed by atoms with Gasteiger partial charge in [-0.3, -0.25) is 4.57 Å². The Kier molecular flexibility index (Phi) is 12.3. The van der Waals surface area contributed by atoms with Gasteiger partial charge < -0.3 is 8.85 Å². The third-order valence-electron chi connectivity index (χ3n) is 5.32. The van der Waals surface area contributed by atoms with Crippen molar-refractivity contribution in [3.63, 3.8) is 0 Å². The van der Waals surface area contributed by atoms with Crippen molar-refractivity contribution in [2.24, 2.45) is 0 Å². The first-order chi connectivity index (χ1) is 11.3. The molecule has 1 aliphatic rings. The van der Waals surface area contributed by atoms with Crippen molar-refractivity contribution >= 4 is 8.72 Å². The van der Waals surface area contributed by atoms with Crippen LogP contribution < -0.4 is 0 Å². The first-order valence-corrected chi connectivity index (χ1v) is 12.1. The van der Waals surface area contributed by atoms with Crippen molar-refractivity contribution in [3.05, 3.63) is 0 Å². The zero-order chi connectivity index (χ0) is 16.8. The predicted molar refractivity (Wildman–Crippen MR) is 102 cm³/mol. The van der Waals surface area contributed by atoms with E-state index in [1.54, 1.807) is 0 Å². The van der Waals surface area contributed by atoms with Crippen molar-refractivity contribution in [3.8, 4) is 0 Å². The van der Waals surface area contributed by atoms with Crippen LogP contribution in [0, 0.1) is 0 Å². The summed E-state index contributed by atoms with van der Waals surface area (Å²) in [7, 11) is 1.68. The van der Waals surface area contributed by atoms with E-state index < -0.39 is 8.72 Å². The predicted octanol–water partition coefficient (Wildman–Crippen LogP) is 5.62. The molecule has 0 amide bonds. The molecule has 0 aromatic rings. The standard InChI is InChI=1S/C19H41NO2Si/c1-4-5-6-7-8-9-10-11-12-13-14-15-17-20-18-16-19-23(20,21-2)22-3/h4-19H2,1-3H3. The van der Waals surface area contributed by atoms with Gasteiger partial charge >= 0.3 is 8.72 Å². The molecule has 1 heterocycles. The van der Waals surface area contributed by atoms with Crippen LogP contribution in [0.15, 0.2) is 0 Å². The molecule has 0 unspecified atom stereocenters. The lowest BCUT2D eigenvalue weighted by molar-refractivity contribution is 0.181. The van der Waals surface area contributed by atoms with Crippen LogP contribution in [-0.4, -0.2) is 40.6 Å². The normalized spacial score (nSPS) is 17.9. The lowest BCUT2D eigenvalue weighted by Crippen LogP contribution is -2.53. The van der Waals surface area contributed by atoms with Gasteiger partial charge in [-0.2, -0.15) is 0 Å². The molecule has 0 N–H and O–H groups in total. The molecule has 1 fully saturated rings. The fraction of sp³-hybridized carbons (Fsp3) is 1.00. The molecule has 4 heteroatoms. The zero-order valence-corrected chi connectivity index (χ0v) is 17.1. The van der Waals surface area contributed by atoms with Gasteiger partial charge in [0.15, 0.2) is 0 Å². The molecule has 1 saturated heterocycles. The van der Waals surface area contributed by atoms with Gasteiger partial charge in [-0.05, 0) is 25.9 Å². The smallest absolute Gasteiger partial charge is 0.386 e. The largest absolute Gasteiger partial charge is 0.427 e. The lowest BCUT2D eigenvalue weighted by atomic mass is 10.1. The molecule has 0 aromatic carbocycles. The molecule has 23 heavy (non-hydrogen) atoms. The quantitative estimate of drug-likeness (QED) is 0.284. The summed E-state index contributed by atoms with van der Waals surface area (Å²) in [6, 6.07) is 1.14. The molecule has 0 atom stereocenters. The van der Waals surface area contributed by atoms with E-state index in [0.29, 0.717) is 0 Å². The Hall–Kier alpha value is 0.0969. The first-order valence-electron chi connectivity index (χ1n) is 10.1. The van der Waals surface area contributed by atoms with E-state index in [9.17, 15) is 0 Å². The van der Waals surface area contributed by atoms with E-state index in [1.807, 2.05) is 14.2 Å². The molecular formula is C19H41NO2Si. The minimum atomic E-state index is -1.98. The number of hydrogen-bond acceptors (Lipinski definition) is 3. The summed E-state index contributed by atoms with van der Waals surface area (Å²) in [5.74, 6) is 0. The molecule has 1 rings (SSSR count). The van der Waals surface area contributed by atoms with E-state index >= 15 is 0 Å². The first kappa shape index (κ1) is 21.1. The maximum atomic E-state index is 5.76. The summed E-state index contributed by atoms with van der Waals surface area (Å²) in [6.07, 6.45) is 18.2. The van der Waals surface area contributed by atoms with E-state index in [1.165, 1.54) is 96.6 Å². The van der Waals surface area contributed by atoms with Gasteiger partial charge in [0, 0.05) is 20.3 Å². The highest BCUT2D eigenvalue weighted by Crippen LogP contribution is 2.27. The third kappa shape index (κ3) is 8.15. The SMILES string of the molecule is CCCCCCCCCCCCCCN1CCC[Si]1(OC)OC. The summed E-state index contributed by atoms with van der Waals surface area (Å²) < 4.78 is 14.0. The van der Waals surface area contributed by atoms with Crippen LogP contribution in [0.25, 0.3) is 0 Å². The molecule has 0 spiro atoms. The maximum Gasteiger partial charge on any atom is 0.427 e. The molecule has 3 nitrogen and oxygen atoms in total. The highest BCUT2D eigenvalue weighted by molar-refractivity contribution is 6.65. The molecule has 0 radical (unpaired) electrons. The Labute approximate surface area is 146 Å². The van der Waals surface area contributed by atoms with E-state index in [4.69, 9.17) is 8.85 Å². The van der Waals surface area contributed by atoms with Crippen molar-refractivity contribution in [2.75, 3.05) is 27.3 Å². The van der Waals surface area contributed by atoms with E-state index in [0.717, 1.165) is 6.04 Å². The molecule has 0 bridgehead atoms. The van der Waals surface area contributed by atoms with Crippen LogP contribution >= 0.6 is 0 Å². The molecular weight excluding hydrogens is 302 g/mol. The number of rotatable bonds is 15. The molecule has 0 aliphatic carbocycles. The Bertz CT molecular complexity index is 272. The highest BCUT2D eigenvalue weighted by Gasteiger charge is 2.46. The van der Waals surface area contributed by atoms with Crippen molar-refractivity contribution in [1.82, 2.24) is 4.57 Å². The second kappa shape index (κ2) is 13.4. The molecule has 1 aliphatic heterocycles.